The first-order valence-corrected chi connectivity index (χ1v) is 9.61. The minimum Gasteiger partial charge on any atom is -0.453 e. The van der Waals surface area contributed by atoms with Crippen LogP contribution in [0.2, 0.25) is 0 Å². The first-order chi connectivity index (χ1) is 15.1. The second kappa shape index (κ2) is 8.96. The van der Waals surface area contributed by atoms with Crippen LogP contribution in [0.3, 0.4) is 0 Å². The number of hydrogen-bond donors (Lipinski definition) is 2. The molecule has 2 N–H and O–H groups in total. The van der Waals surface area contributed by atoms with Crippen molar-refractivity contribution in [2.75, 3.05) is 17.7 Å². The largest absolute Gasteiger partial charge is 0.453 e. The van der Waals surface area contributed by atoms with Gasteiger partial charge in [-0.25, -0.2) is 9.48 Å². The van der Waals surface area contributed by atoms with Gasteiger partial charge in [-0.3, -0.25) is 10.1 Å². The molecule has 0 bridgehead atoms. The maximum atomic E-state index is 13.1. The lowest BCUT2D eigenvalue weighted by Crippen LogP contribution is -2.13. The second-order valence-corrected chi connectivity index (χ2v) is 6.69. The number of carbonyl (C=O) groups excluding carboxylic acids is 2. The van der Waals surface area contributed by atoms with Crippen LogP contribution < -0.4 is 10.6 Å². The van der Waals surface area contributed by atoms with Crippen LogP contribution in [0.15, 0.2) is 91.1 Å². The lowest BCUT2D eigenvalue weighted by Gasteiger charge is -2.07. The van der Waals surface area contributed by atoms with E-state index in [4.69, 9.17) is 0 Å². The van der Waals surface area contributed by atoms with Crippen LogP contribution >= 0.6 is 0 Å². The molecule has 31 heavy (non-hydrogen) atoms. The Balaban J connectivity index is 1.62. The maximum Gasteiger partial charge on any atom is 0.411 e. The number of benzene rings is 3. The molecule has 0 unspecified atom stereocenters. The van der Waals surface area contributed by atoms with Crippen molar-refractivity contribution in [2.45, 2.75) is 0 Å². The smallest absolute Gasteiger partial charge is 0.411 e. The van der Waals surface area contributed by atoms with E-state index in [1.54, 1.807) is 35.1 Å². The fraction of sp³-hybridized carbons (Fsp3) is 0.0417. The fourth-order valence-corrected chi connectivity index (χ4v) is 3.07. The van der Waals surface area contributed by atoms with Gasteiger partial charge in [0.2, 0.25) is 0 Å². The molecule has 7 nitrogen and oxygen atoms in total. The molecule has 1 heterocycles. The summed E-state index contributed by atoms with van der Waals surface area (Å²) in [5.74, 6) is -0.283. The van der Waals surface area contributed by atoms with Gasteiger partial charge >= 0.3 is 6.09 Å². The molecular formula is C24H20N4O3. The van der Waals surface area contributed by atoms with Gasteiger partial charge in [-0.1, -0.05) is 48.5 Å². The molecule has 1 aromatic heterocycles. The molecule has 0 saturated carbocycles. The number of para-hydroxylation sites is 1. The summed E-state index contributed by atoms with van der Waals surface area (Å²) in [6.07, 6.45) is 1.16. The number of methoxy groups -OCH3 is 1. The van der Waals surface area contributed by atoms with Crippen molar-refractivity contribution in [3.63, 3.8) is 0 Å². The number of rotatable bonds is 5. The Morgan fingerprint density at radius 2 is 1.39 bits per heavy atom. The van der Waals surface area contributed by atoms with Crippen LogP contribution in [-0.4, -0.2) is 28.9 Å². The van der Waals surface area contributed by atoms with E-state index in [0.717, 1.165) is 11.3 Å². The number of hydrogen-bond acceptors (Lipinski definition) is 4. The Labute approximate surface area is 179 Å². The molecule has 0 aliphatic rings. The predicted molar refractivity (Wildman–Crippen MR) is 119 cm³/mol. The van der Waals surface area contributed by atoms with E-state index in [1.165, 1.54) is 7.11 Å². The van der Waals surface area contributed by atoms with Gasteiger partial charge in [0.25, 0.3) is 5.91 Å². The van der Waals surface area contributed by atoms with E-state index in [9.17, 15) is 9.59 Å². The number of carbonyl (C=O) groups is 2. The molecule has 0 spiro atoms. The third kappa shape index (κ3) is 4.62. The van der Waals surface area contributed by atoms with Crippen LogP contribution in [0.5, 0.6) is 0 Å². The highest BCUT2D eigenvalue weighted by Crippen LogP contribution is 2.25. The summed E-state index contributed by atoms with van der Waals surface area (Å²) in [4.78, 5) is 24.4. The quantitative estimate of drug-likeness (QED) is 0.485. The van der Waals surface area contributed by atoms with Crippen LogP contribution in [0.25, 0.3) is 16.9 Å². The summed E-state index contributed by atoms with van der Waals surface area (Å²) in [7, 11) is 1.30. The minimum absolute atomic E-state index is 0.283. The zero-order valence-electron chi connectivity index (χ0n) is 16.8. The zero-order valence-corrected chi connectivity index (χ0v) is 16.8. The highest BCUT2D eigenvalue weighted by molar-refractivity contribution is 6.08. The van der Waals surface area contributed by atoms with E-state index < -0.39 is 6.09 Å². The van der Waals surface area contributed by atoms with Gasteiger partial charge in [-0.15, -0.1) is 0 Å². The molecule has 0 aliphatic carbocycles. The van der Waals surface area contributed by atoms with Crippen molar-refractivity contribution in [3.05, 3.63) is 96.7 Å². The average Bonchev–Trinajstić information content (AvgIpc) is 3.27. The van der Waals surface area contributed by atoms with Crippen molar-refractivity contribution in [3.8, 4) is 16.9 Å². The number of amides is 2. The van der Waals surface area contributed by atoms with Gasteiger partial charge in [0.05, 0.1) is 18.4 Å². The highest BCUT2D eigenvalue weighted by Gasteiger charge is 2.19. The lowest BCUT2D eigenvalue weighted by atomic mass is 10.1. The van der Waals surface area contributed by atoms with E-state index in [1.807, 2.05) is 60.7 Å². The topological polar surface area (TPSA) is 85.3 Å². The molecule has 154 valence electrons. The third-order valence-electron chi connectivity index (χ3n) is 4.60. The summed E-state index contributed by atoms with van der Waals surface area (Å²) in [6.45, 7) is 0. The van der Waals surface area contributed by atoms with Crippen molar-refractivity contribution in [1.82, 2.24) is 9.78 Å². The monoisotopic (exact) mass is 412 g/mol. The normalized spacial score (nSPS) is 10.4. The van der Waals surface area contributed by atoms with Crippen molar-refractivity contribution >= 4 is 23.4 Å². The SMILES string of the molecule is COC(=O)Nc1ccc(NC(=O)c2cn(-c3ccccc3)nc2-c2ccccc2)cc1. The zero-order chi connectivity index (χ0) is 21.6. The van der Waals surface area contributed by atoms with Gasteiger partial charge in [0.15, 0.2) is 0 Å². The molecule has 0 radical (unpaired) electrons. The number of nitrogens with zero attached hydrogens (tertiary/aromatic N) is 2. The minimum atomic E-state index is -0.558. The van der Waals surface area contributed by atoms with Gasteiger partial charge in [0, 0.05) is 23.1 Å². The number of aromatic nitrogens is 2. The summed E-state index contributed by atoms with van der Waals surface area (Å²) < 4.78 is 6.27. The predicted octanol–water partition coefficient (Wildman–Crippen LogP) is 4.97. The van der Waals surface area contributed by atoms with Gasteiger partial charge in [0.1, 0.15) is 5.69 Å². The van der Waals surface area contributed by atoms with Gasteiger partial charge < -0.3 is 10.1 Å². The summed E-state index contributed by atoms with van der Waals surface area (Å²) in [5.41, 5.74) is 3.90. The van der Waals surface area contributed by atoms with Gasteiger partial charge in [-0.2, -0.15) is 5.10 Å². The first-order valence-electron chi connectivity index (χ1n) is 9.61. The van der Waals surface area contributed by atoms with Crippen molar-refractivity contribution < 1.29 is 14.3 Å². The molecule has 0 atom stereocenters. The van der Waals surface area contributed by atoms with Crippen LogP contribution in [-0.2, 0) is 4.74 Å². The van der Waals surface area contributed by atoms with E-state index in [0.29, 0.717) is 22.6 Å². The van der Waals surface area contributed by atoms with E-state index >= 15 is 0 Å². The van der Waals surface area contributed by atoms with Crippen LogP contribution in [0.1, 0.15) is 10.4 Å². The molecule has 0 saturated heterocycles. The molecule has 2 amide bonds. The maximum absolute atomic E-state index is 13.1. The summed E-state index contributed by atoms with van der Waals surface area (Å²) in [5, 5.41) is 10.1. The molecule has 3 aromatic carbocycles. The standard InChI is InChI=1S/C24H20N4O3/c1-31-24(30)26-19-14-12-18(13-15-19)25-23(29)21-16-28(20-10-6-3-7-11-20)27-22(21)17-8-4-2-5-9-17/h2-16H,1H3,(H,25,29)(H,26,30). The van der Waals surface area contributed by atoms with E-state index in [-0.39, 0.29) is 5.91 Å². The van der Waals surface area contributed by atoms with Gasteiger partial charge in [-0.05, 0) is 36.4 Å². The lowest BCUT2D eigenvalue weighted by molar-refractivity contribution is 0.102. The van der Waals surface area contributed by atoms with Crippen LogP contribution in [0.4, 0.5) is 16.2 Å². The molecule has 4 aromatic rings. The second-order valence-electron chi connectivity index (χ2n) is 6.69. The first kappa shape index (κ1) is 19.9. The number of ether oxygens (including phenoxy) is 1. The summed E-state index contributed by atoms with van der Waals surface area (Å²) >= 11 is 0. The van der Waals surface area contributed by atoms with Crippen molar-refractivity contribution in [1.29, 1.82) is 0 Å². The molecule has 4 rings (SSSR count). The molecule has 0 aliphatic heterocycles. The Morgan fingerprint density at radius 3 is 2.00 bits per heavy atom. The number of anilines is 2. The van der Waals surface area contributed by atoms with Crippen molar-refractivity contribution in [2.24, 2.45) is 0 Å². The molecule has 7 heteroatoms. The Kier molecular flexibility index (Phi) is 5.75. The Bertz CT molecular complexity index is 1190. The number of nitrogens with one attached hydrogen (secondary N) is 2. The van der Waals surface area contributed by atoms with Crippen LogP contribution in [0, 0.1) is 0 Å². The molecule has 0 fully saturated rings. The third-order valence-corrected chi connectivity index (χ3v) is 4.60. The fourth-order valence-electron chi connectivity index (χ4n) is 3.07. The Morgan fingerprint density at radius 1 is 0.806 bits per heavy atom. The average molecular weight is 412 g/mol. The highest BCUT2D eigenvalue weighted by atomic mass is 16.5. The summed E-state index contributed by atoms with van der Waals surface area (Å²) in [6, 6.07) is 26.0. The Hall–Kier alpha value is -4.39. The molecular weight excluding hydrogens is 392 g/mol. The van der Waals surface area contributed by atoms with E-state index in [2.05, 4.69) is 20.5 Å².